The van der Waals surface area contributed by atoms with E-state index in [1.165, 1.54) is 0 Å². The molecule has 0 saturated carbocycles. The molecule has 0 bridgehead atoms. The van der Waals surface area contributed by atoms with Gasteiger partial charge in [-0.3, -0.25) is 9.78 Å². The molecular weight excluding hydrogens is 332 g/mol. The van der Waals surface area contributed by atoms with Crippen LogP contribution in [0, 0.1) is 0 Å². The van der Waals surface area contributed by atoms with Crippen LogP contribution in [0.1, 0.15) is 29.4 Å². The monoisotopic (exact) mass is 348 g/mol. The van der Waals surface area contributed by atoms with Crippen LogP contribution in [0.5, 0.6) is 0 Å². The van der Waals surface area contributed by atoms with Gasteiger partial charge in [-0.1, -0.05) is 0 Å². The van der Waals surface area contributed by atoms with Crippen molar-refractivity contribution in [3.05, 3.63) is 47.0 Å². The molecule has 0 spiro atoms. The predicted octanol–water partition coefficient (Wildman–Crippen LogP) is 2.82. The first-order chi connectivity index (χ1) is 10.3. The summed E-state index contributed by atoms with van der Waals surface area (Å²) in [6.45, 7) is 2.00. The van der Waals surface area contributed by atoms with Crippen LogP contribution in [0.25, 0.3) is 0 Å². The van der Waals surface area contributed by atoms with Gasteiger partial charge in [-0.15, -0.1) is 0 Å². The molecule has 0 radical (unpaired) electrons. The van der Waals surface area contributed by atoms with E-state index in [-0.39, 0.29) is 5.91 Å². The van der Waals surface area contributed by atoms with Gasteiger partial charge >= 0.3 is 0 Å². The molecule has 5 nitrogen and oxygen atoms in total. The van der Waals surface area contributed by atoms with Crippen molar-refractivity contribution in [3.8, 4) is 0 Å². The molecule has 2 aromatic rings. The van der Waals surface area contributed by atoms with Crippen LogP contribution in [0.15, 0.2) is 41.3 Å². The number of carbonyl (C=O) groups is 1. The summed E-state index contributed by atoms with van der Waals surface area (Å²) in [5, 5.41) is 6.28. The average molecular weight is 349 g/mol. The van der Waals surface area contributed by atoms with Crippen molar-refractivity contribution in [2.45, 2.75) is 18.9 Å². The van der Waals surface area contributed by atoms with Crippen LogP contribution in [-0.2, 0) is 0 Å². The Morgan fingerprint density at radius 1 is 1.38 bits per heavy atom. The zero-order chi connectivity index (χ0) is 14.7. The first kappa shape index (κ1) is 14.3. The summed E-state index contributed by atoms with van der Waals surface area (Å²) in [5.41, 5.74) is 1.43. The Kier molecular flexibility index (Phi) is 4.36. The maximum atomic E-state index is 12.5. The lowest BCUT2D eigenvalue weighted by Gasteiger charge is -2.26. The normalized spacial score (nSPS) is 15.9. The molecule has 1 aliphatic heterocycles. The van der Waals surface area contributed by atoms with E-state index < -0.39 is 0 Å². The first-order valence-electron chi connectivity index (χ1n) is 7.04. The topological polar surface area (TPSA) is 59.0 Å². The minimum atomic E-state index is -0.0922. The number of rotatable bonds is 3. The van der Waals surface area contributed by atoms with Crippen LogP contribution in [0.2, 0.25) is 0 Å². The second-order valence-corrected chi connectivity index (χ2v) is 5.95. The third-order valence-electron chi connectivity index (χ3n) is 3.73. The second-order valence-electron chi connectivity index (χ2n) is 5.09. The van der Waals surface area contributed by atoms with Gasteiger partial charge in [0.1, 0.15) is 5.69 Å². The maximum Gasteiger partial charge on any atom is 0.272 e. The van der Waals surface area contributed by atoms with Crippen molar-refractivity contribution in [3.63, 3.8) is 0 Å². The summed E-state index contributed by atoms with van der Waals surface area (Å²) < 4.78 is 2.86. The molecule has 21 heavy (non-hydrogen) atoms. The number of piperidine rings is 1. The first-order valence-corrected chi connectivity index (χ1v) is 7.83. The highest BCUT2D eigenvalue weighted by Crippen LogP contribution is 2.24. The Morgan fingerprint density at radius 2 is 2.19 bits per heavy atom. The molecule has 1 saturated heterocycles. The van der Waals surface area contributed by atoms with Crippen LogP contribution < -0.4 is 10.6 Å². The SMILES string of the molecule is O=C(Nc1ccncc1Br)c1cccn1C1CCNCC1. The van der Waals surface area contributed by atoms with Gasteiger partial charge in [-0.25, -0.2) is 0 Å². The van der Waals surface area contributed by atoms with Crippen molar-refractivity contribution in [1.29, 1.82) is 0 Å². The maximum absolute atomic E-state index is 12.5. The average Bonchev–Trinajstić information content (AvgIpc) is 3.00. The Bertz CT molecular complexity index is 634. The molecule has 0 aromatic carbocycles. The highest BCUT2D eigenvalue weighted by Gasteiger charge is 2.20. The fraction of sp³-hybridized carbons (Fsp3) is 0.333. The number of nitrogens with zero attached hydrogens (tertiary/aromatic N) is 2. The molecule has 2 N–H and O–H groups in total. The van der Waals surface area contributed by atoms with Crippen molar-refractivity contribution in [2.24, 2.45) is 0 Å². The van der Waals surface area contributed by atoms with Gasteiger partial charge < -0.3 is 15.2 Å². The van der Waals surface area contributed by atoms with Gasteiger partial charge in [0.15, 0.2) is 0 Å². The van der Waals surface area contributed by atoms with Crippen LogP contribution in [-0.4, -0.2) is 28.5 Å². The number of nitrogens with one attached hydrogen (secondary N) is 2. The van der Waals surface area contributed by atoms with Crippen molar-refractivity contribution in [2.75, 3.05) is 18.4 Å². The molecule has 0 aliphatic carbocycles. The molecule has 6 heteroatoms. The Labute approximate surface area is 131 Å². The van der Waals surface area contributed by atoms with E-state index in [0.717, 1.165) is 36.1 Å². The van der Waals surface area contributed by atoms with Crippen LogP contribution in [0.4, 0.5) is 5.69 Å². The fourth-order valence-electron chi connectivity index (χ4n) is 2.65. The number of aromatic nitrogens is 2. The number of anilines is 1. The Morgan fingerprint density at radius 3 is 2.95 bits per heavy atom. The minimum absolute atomic E-state index is 0.0922. The summed E-state index contributed by atoms with van der Waals surface area (Å²) in [4.78, 5) is 16.5. The van der Waals surface area contributed by atoms with E-state index in [4.69, 9.17) is 0 Å². The van der Waals surface area contributed by atoms with Crippen molar-refractivity contribution < 1.29 is 4.79 Å². The van der Waals surface area contributed by atoms with E-state index in [1.54, 1.807) is 18.5 Å². The summed E-state index contributed by atoms with van der Waals surface area (Å²) in [5.74, 6) is -0.0922. The van der Waals surface area contributed by atoms with E-state index in [0.29, 0.717) is 11.7 Å². The van der Waals surface area contributed by atoms with E-state index in [1.807, 2.05) is 18.3 Å². The minimum Gasteiger partial charge on any atom is -0.340 e. The third-order valence-corrected chi connectivity index (χ3v) is 4.37. The quantitative estimate of drug-likeness (QED) is 0.896. The number of pyridine rings is 1. The molecular formula is C15H17BrN4O. The summed E-state index contributed by atoms with van der Waals surface area (Å²) >= 11 is 3.39. The van der Waals surface area contributed by atoms with Crippen molar-refractivity contribution in [1.82, 2.24) is 14.9 Å². The summed E-state index contributed by atoms with van der Waals surface area (Å²) in [7, 11) is 0. The smallest absolute Gasteiger partial charge is 0.272 e. The molecule has 1 amide bonds. The highest BCUT2D eigenvalue weighted by atomic mass is 79.9. The molecule has 2 aromatic heterocycles. The highest BCUT2D eigenvalue weighted by molar-refractivity contribution is 9.10. The molecule has 0 unspecified atom stereocenters. The zero-order valence-corrected chi connectivity index (χ0v) is 13.1. The largest absolute Gasteiger partial charge is 0.340 e. The van der Waals surface area contributed by atoms with E-state index in [9.17, 15) is 4.79 Å². The summed E-state index contributed by atoms with van der Waals surface area (Å²) in [6, 6.07) is 5.97. The number of carbonyl (C=O) groups excluding carboxylic acids is 1. The fourth-order valence-corrected chi connectivity index (χ4v) is 3.00. The number of hydrogen-bond acceptors (Lipinski definition) is 3. The Balaban J connectivity index is 1.79. The van der Waals surface area contributed by atoms with Crippen LogP contribution >= 0.6 is 15.9 Å². The second kappa shape index (κ2) is 6.41. The number of amides is 1. The van der Waals surface area contributed by atoms with E-state index >= 15 is 0 Å². The molecule has 1 fully saturated rings. The van der Waals surface area contributed by atoms with Gasteiger partial charge in [0.2, 0.25) is 0 Å². The molecule has 1 aliphatic rings. The van der Waals surface area contributed by atoms with Crippen LogP contribution in [0.3, 0.4) is 0 Å². The molecule has 110 valence electrons. The van der Waals surface area contributed by atoms with Gasteiger partial charge in [0, 0.05) is 24.6 Å². The lowest BCUT2D eigenvalue weighted by molar-refractivity contribution is 0.101. The zero-order valence-electron chi connectivity index (χ0n) is 11.6. The van der Waals surface area contributed by atoms with Gasteiger partial charge in [-0.2, -0.15) is 0 Å². The summed E-state index contributed by atoms with van der Waals surface area (Å²) in [6.07, 6.45) is 7.42. The van der Waals surface area contributed by atoms with Gasteiger partial charge in [0.05, 0.1) is 10.2 Å². The number of hydrogen-bond donors (Lipinski definition) is 2. The number of halogens is 1. The molecule has 3 rings (SSSR count). The standard InChI is InChI=1S/C15H17BrN4O/c16-12-10-18-8-5-13(12)19-15(21)14-2-1-9-20(14)11-3-6-17-7-4-11/h1-2,5,8-11,17H,3-4,6-7H2,(H,18,19,21). The molecule has 3 heterocycles. The predicted molar refractivity (Wildman–Crippen MR) is 85.5 cm³/mol. The molecule has 0 atom stereocenters. The Hall–Kier alpha value is -1.66. The lowest BCUT2D eigenvalue weighted by Crippen LogP contribution is -2.31. The third kappa shape index (κ3) is 3.16. The van der Waals surface area contributed by atoms with Crippen molar-refractivity contribution >= 4 is 27.5 Å². The van der Waals surface area contributed by atoms with Gasteiger partial charge in [-0.05, 0) is 60.1 Å². The lowest BCUT2D eigenvalue weighted by atomic mass is 10.1. The van der Waals surface area contributed by atoms with E-state index in [2.05, 4.69) is 36.1 Å². The van der Waals surface area contributed by atoms with Gasteiger partial charge in [0.25, 0.3) is 5.91 Å².